The van der Waals surface area contributed by atoms with Gasteiger partial charge < -0.3 is 21.1 Å². The van der Waals surface area contributed by atoms with Crippen LogP contribution < -0.4 is 21.3 Å². The van der Waals surface area contributed by atoms with E-state index in [1.807, 2.05) is 6.07 Å². The summed E-state index contributed by atoms with van der Waals surface area (Å²) in [5.41, 5.74) is 8.43. The van der Waals surface area contributed by atoms with Crippen molar-refractivity contribution in [3.8, 4) is 6.07 Å². The molecule has 0 saturated heterocycles. The Labute approximate surface area is 156 Å². The first-order chi connectivity index (χ1) is 13.2. The zero-order valence-corrected chi connectivity index (χ0v) is 14.9. The zero-order valence-electron chi connectivity index (χ0n) is 14.9. The molecule has 140 valence electrons. The van der Waals surface area contributed by atoms with Crippen LogP contribution in [0.4, 0.5) is 27.8 Å². The van der Waals surface area contributed by atoms with Crippen LogP contribution in [-0.2, 0) is 11.2 Å². The maximum atomic E-state index is 11.9. The summed E-state index contributed by atoms with van der Waals surface area (Å²) in [5.74, 6) is 0.386. The molecule has 2 aromatic heterocycles. The molecule has 0 radical (unpaired) electrons. The molecule has 0 bridgehead atoms. The number of nitrogens with two attached hydrogens (primary N) is 1. The molecule has 0 aliphatic carbocycles. The van der Waals surface area contributed by atoms with E-state index >= 15 is 0 Å². The van der Waals surface area contributed by atoms with Crippen molar-refractivity contribution in [2.24, 2.45) is 5.73 Å². The van der Waals surface area contributed by atoms with E-state index in [0.717, 1.165) is 18.5 Å². The van der Waals surface area contributed by atoms with Gasteiger partial charge in [0.25, 0.3) is 0 Å². The number of pyridine rings is 1. The summed E-state index contributed by atoms with van der Waals surface area (Å²) in [6, 6.07) is 3.79. The molecule has 10 nitrogen and oxygen atoms in total. The van der Waals surface area contributed by atoms with Crippen molar-refractivity contribution in [3.05, 3.63) is 29.8 Å². The average molecular weight is 368 g/mol. The van der Waals surface area contributed by atoms with E-state index in [4.69, 9.17) is 15.7 Å². The van der Waals surface area contributed by atoms with E-state index in [0.29, 0.717) is 42.6 Å². The predicted molar refractivity (Wildman–Crippen MR) is 99.9 cm³/mol. The van der Waals surface area contributed by atoms with Gasteiger partial charge in [0.15, 0.2) is 5.69 Å². The van der Waals surface area contributed by atoms with Crippen LogP contribution in [0.3, 0.4) is 0 Å². The number of rotatable bonds is 5. The lowest BCUT2D eigenvalue weighted by Crippen LogP contribution is -2.35. The van der Waals surface area contributed by atoms with Gasteiger partial charge in [0, 0.05) is 19.6 Å². The highest BCUT2D eigenvalue weighted by molar-refractivity contribution is 5.88. The summed E-state index contributed by atoms with van der Waals surface area (Å²) in [7, 11) is 1.35. The fourth-order valence-corrected chi connectivity index (χ4v) is 2.80. The summed E-state index contributed by atoms with van der Waals surface area (Å²) in [6.45, 7) is 1.54. The third-order valence-corrected chi connectivity index (χ3v) is 4.04. The molecule has 4 N–H and O–H groups in total. The van der Waals surface area contributed by atoms with Gasteiger partial charge in [0.05, 0.1) is 42.3 Å². The second-order valence-corrected chi connectivity index (χ2v) is 5.82. The number of carbonyl (C=O) groups excluding carboxylic acids is 1. The van der Waals surface area contributed by atoms with Crippen LogP contribution in [0.1, 0.15) is 17.8 Å². The first kappa shape index (κ1) is 18.3. The topological polar surface area (TPSA) is 142 Å². The fourth-order valence-electron chi connectivity index (χ4n) is 2.80. The number of hydrogen-bond donors (Lipinski definition) is 3. The number of fused-ring (bicyclic) bond motifs is 1. The fraction of sp³-hybridized carbons (Fsp3) is 0.353. The number of aryl methyl sites for hydroxylation is 1. The van der Waals surface area contributed by atoms with Crippen LogP contribution >= 0.6 is 0 Å². The lowest BCUT2D eigenvalue weighted by atomic mass is 10.1. The minimum Gasteiger partial charge on any atom is -0.452 e. The zero-order chi connectivity index (χ0) is 19.2. The van der Waals surface area contributed by atoms with Crippen molar-refractivity contribution in [2.75, 3.05) is 42.3 Å². The van der Waals surface area contributed by atoms with Gasteiger partial charge in [-0.1, -0.05) is 0 Å². The molecule has 1 aliphatic rings. The summed E-state index contributed by atoms with van der Waals surface area (Å²) >= 11 is 0. The number of anilines is 4. The highest BCUT2D eigenvalue weighted by Crippen LogP contribution is 2.27. The molecule has 0 saturated carbocycles. The highest BCUT2D eigenvalue weighted by Gasteiger charge is 2.25. The third kappa shape index (κ3) is 4.04. The number of methoxy groups -OCH3 is 1. The molecule has 1 aliphatic heterocycles. The van der Waals surface area contributed by atoms with Gasteiger partial charge in [-0.25, -0.2) is 19.7 Å². The number of nitriles is 1. The Morgan fingerprint density at radius 1 is 1.44 bits per heavy atom. The molecule has 3 heterocycles. The van der Waals surface area contributed by atoms with Gasteiger partial charge in [-0.15, -0.1) is 0 Å². The molecular weight excluding hydrogens is 348 g/mol. The quantitative estimate of drug-likeness (QED) is 0.713. The van der Waals surface area contributed by atoms with E-state index in [1.54, 1.807) is 12.3 Å². The molecule has 0 aromatic carbocycles. The molecule has 0 fully saturated rings. The maximum Gasteiger partial charge on any atom is 0.414 e. The first-order valence-electron chi connectivity index (χ1n) is 8.48. The predicted octanol–water partition coefficient (Wildman–Crippen LogP) is 1.38. The van der Waals surface area contributed by atoms with Gasteiger partial charge in [-0.2, -0.15) is 5.26 Å². The number of aromatic nitrogens is 3. The number of nitrogens with zero attached hydrogens (tertiary/aromatic N) is 5. The Kier molecular flexibility index (Phi) is 5.63. The highest BCUT2D eigenvalue weighted by atomic mass is 16.5. The standard InChI is InChI=1S/C17H20N8O2/c1-27-17(26)25-6-2-3-12-15(25)10-22-16(24-12)23-11-7-13(20-5-4-18)14(8-19)21-9-11/h7,9-10,20H,2-6,18H2,1H3,(H,22,23,24). The van der Waals surface area contributed by atoms with E-state index in [9.17, 15) is 4.79 Å². The van der Waals surface area contributed by atoms with Crippen molar-refractivity contribution >= 4 is 29.1 Å². The van der Waals surface area contributed by atoms with Crippen LogP contribution in [0.2, 0.25) is 0 Å². The monoisotopic (exact) mass is 368 g/mol. The van der Waals surface area contributed by atoms with Crippen LogP contribution in [0.15, 0.2) is 18.5 Å². The number of nitrogens with one attached hydrogen (secondary N) is 2. The van der Waals surface area contributed by atoms with E-state index in [-0.39, 0.29) is 5.69 Å². The van der Waals surface area contributed by atoms with Crippen LogP contribution in [0, 0.1) is 11.3 Å². The Hall–Kier alpha value is -3.45. The molecular formula is C17H20N8O2. The van der Waals surface area contributed by atoms with E-state index < -0.39 is 6.09 Å². The van der Waals surface area contributed by atoms with Gasteiger partial charge >= 0.3 is 6.09 Å². The Bertz CT molecular complexity index is 880. The largest absolute Gasteiger partial charge is 0.452 e. The van der Waals surface area contributed by atoms with Gasteiger partial charge in [0.1, 0.15) is 6.07 Å². The van der Waals surface area contributed by atoms with Gasteiger partial charge in [-0.05, 0) is 18.9 Å². The number of amides is 1. The summed E-state index contributed by atoms with van der Waals surface area (Å²) in [5, 5.41) is 15.3. The smallest absolute Gasteiger partial charge is 0.414 e. The van der Waals surface area contributed by atoms with Crippen molar-refractivity contribution in [1.29, 1.82) is 5.26 Å². The minimum absolute atomic E-state index is 0.286. The van der Waals surface area contributed by atoms with Gasteiger partial charge in [-0.3, -0.25) is 4.90 Å². The van der Waals surface area contributed by atoms with Crippen molar-refractivity contribution in [1.82, 2.24) is 15.0 Å². The second kappa shape index (κ2) is 8.29. The molecule has 1 amide bonds. The summed E-state index contributed by atoms with van der Waals surface area (Å²) in [6.07, 6.45) is 4.26. The SMILES string of the molecule is COC(=O)N1CCCc2nc(Nc3cnc(C#N)c(NCCN)c3)ncc21. The average Bonchev–Trinajstić information content (AvgIpc) is 2.71. The molecule has 27 heavy (non-hydrogen) atoms. The van der Waals surface area contributed by atoms with Crippen LogP contribution in [-0.4, -0.2) is 47.8 Å². The van der Waals surface area contributed by atoms with Crippen molar-refractivity contribution in [3.63, 3.8) is 0 Å². The molecule has 3 rings (SSSR count). The molecule has 0 spiro atoms. The normalized spacial score (nSPS) is 12.7. The molecule has 0 unspecified atom stereocenters. The second-order valence-electron chi connectivity index (χ2n) is 5.82. The maximum absolute atomic E-state index is 11.9. The lowest BCUT2D eigenvalue weighted by Gasteiger charge is -2.27. The molecule has 2 aromatic rings. The first-order valence-corrected chi connectivity index (χ1v) is 8.48. The summed E-state index contributed by atoms with van der Waals surface area (Å²) < 4.78 is 4.80. The molecule has 0 atom stereocenters. The van der Waals surface area contributed by atoms with Crippen molar-refractivity contribution < 1.29 is 9.53 Å². The molecule has 10 heteroatoms. The van der Waals surface area contributed by atoms with Crippen LogP contribution in [0.5, 0.6) is 0 Å². The minimum atomic E-state index is -0.424. The van der Waals surface area contributed by atoms with Crippen LogP contribution in [0.25, 0.3) is 0 Å². The lowest BCUT2D eigenvalue weighted by molar-refractivity contribution is 0.178. The van der Waals surface area contributed by atoms with Gasteiger partial charge in [0.2, 0.25) is 5.95 Å². The number of hydrogen-bond acceptors (Lipinski definition) is 9. The Morgan fingerprint density at radius 3 is 3.04 bits per heavy atom. The summed E-state index contributed by atoms with van der Waals surface area (Å²) in [4.78, 5) is 26.3. The van der Waals surface area contributed by atoms with E-state index in [1.165, 1.54) is 18.2 Å². The number of carbonyl (C=O) groups is 1. The van der Waals surface area contributed by atoms with E-state index in [2.05, 4.69) is 25.6 Å². The Balaban J connectivity index is 1.82. The van der Waals surface area contributed by atoms with Crippen molar-refractivity contribution in [2.45, 2.75) is 12.8 Å². The third-order valence-electron chi connectivity index (χ3n) is 4.04. The Morgan fingerprint density at radius 2 is 2.30 bits per heavy atom. The number of ether oxygens (including phenoxy) is 1.